The van der Waals surface area contributed by atoms with Crippen LogP contribution < -0.4 is 5.32 Å². The third kappa shape index (κ3) is 4.10. The van der Waals surface area contributed by atoms with Crippen molar-refractivity contribution in [1.29, 1.82) is 0 Å². The molecule has 0 aromatic heterocycles. The Balaban J connectivity index is 2.50. The average Bonchev–Trinajstić information content (AvgIpc) is 2.32. The van der Waals surface area contributed by atoms with Crippen LogP contribution in [0.5, 0.6) is 0 Å². The van der Waals surface area contributed by atoms with Gasteiger partial charge in [0.1, 0.15) is 5.82 Å². The van der Waals surface area contributed by atoms with Crippen molar-refractivity contribution in [3.63, 3.8) is 0 Å². The standard InChI is InChI=1S/C12H14BrFN2O2/c1-16(2)11(17)5-6-15-12(18)8-3-4-9(13)10(14)7-8/h3-4,7H,5-6H2,1-2H3,(H,15,18). The number of nitrogens with one attached hydrogen (secondary N) is 1. The smallest absolute Gasteiger partial charge is 0.251 e. The van der Waals surface area contributed by atoms with Crippen LogP contribution >= 0.6 is 15.9 Å². The Hall–Kier alpha value is -1.43. The van der Waals surface area contributed by atoms with Crippen LogP contribution in [0.25, 0.3) is 0 Å². The summed E-state index contributed by atoms with van der Waals surface area (Å²) in [6, 6.07) is 4.12. The van der Waals surface area contributed by atoms with Gasteiger partial charge in [-0.25, -0.2) is 4.39 Å². The summed E-state index contributed by atoms with van der Waals surface area (Å²) in [6.45, 7) is 0.230. The Morgan fingerprint density at radius 3 is 2.61 bits per heavy atom. The number of benzene rings is 1. The lowest BCUT2D eigenvalue weighted by Crippen LogP contribution is -2.30. The molecule has 0 atom stereocenters. The van der Waals surface area contributed by atoms with Crippen LogP contribution in [0, 0.1) is 5.82 Å². The number of rotatable bonds is 4. The van der Waals surface area contributed by atoms with E-state index >= 15 is 0 Å². The topological polar surface area (TPSA) is 49.4 Å². The summed E-state index contributed by atoms with van der Waals surface area (Å²) in [7, 11) is 3.29. The lowest BCUT2D eigenvalue weighted by Gasteiger charge is -2.10. The normalized spacial score (nSPS) is 10.0. The molecular weight excluding hydrogens is 303 g/mol. The summed E-state index contributed by atoms with van der Waals surface area (Å²) >= 11 is 3.01. The van der Waals surface area contributed by atoms with Crippen molar-refractivity contribution in [2.24, 2.45) is 0 Å². The predicted octanol–water partition coefficient (Wildman–Crippen LogP) is 1.80. The maximum Gasteiger partial charge on any atom is 0.251 e. The lowest BCUT2D eigenvalue weighted by molar-refractivity contribution is -0.128. The Kier molecular flexibility index (Phi) is 5.27. The third-order valence-corrected chi connectivity index (χ3v) is 2.95. The molecule has 4 nitrogen and oxygen atoms in total. The van der Waals surface area contributed by atoms with E-state index in [1.54, 1.807) is 14.1 Å². The zero-order chi connectivity index (χ0) is 13.7. The molecule has 1 N–H and O–H groups in total. The molecule has 1 aromatic carbocycles. The zero-order valence-corrected chi connectivity index (χ0v) is 11.8. The van der Waals surface area contributed by atoms with Crippen LogP contribution in [0.1, 0.15) is 16.8 Å². The van der Waals surface area contributed by atoms with Gasteiger partial charge < -0.3 is 10.2 Å². The average molecular weight is 317 g/mol. The van der Waals surface area contributed by atoms with Gasteiger partial charge in [-0.15, -0.1) is 0 Å². The first-order chi connectivity index (χ1) is 8.41. The fraction of sp³-hybridized carbons (Fsp3) is 0.333. The van der Waals surface area contributed by atoms with E-state index in [9.17, 15) is 14.0 Å². The monoisotopic (exact) mass is 316 g/mol. The first-order valence-corrected chi connectivity index (χ1v) is 6.14. The second-order valence-corrected chi connectivity index (χ2v) is 4.78. The summed E-state index contributed by atoms with van der Waals surface area (Å²) in [5.74, 6) is -0.961. The SMILES string of the molecule is CN(C)C(=O)CCNC(=O)c1ccc(Br)c(F)c1. The van der Waals surface area contributed by atoms with Crippen LogP contribution in [0.15, 0.2) is 22.7 Å². The van der Waals surface area contributed by atoms with Gasteiger partial charge in [-0.1, -0.05) is 0 Å². The summed E-state index contributed by atoms with van der Waals surface area (Å²) in [5.41, 5.74) is 0.230. The summed E-state index contributed by atoms with van der Waals surface area (Å²) < 4.78 is 13.5. The Bertz CT molecular complexity index is 463. The van der Waals surface area contributed by atoms with Crippen molar-refractivity contribution < 1.29 is 14.0 Å². The van der Waals surface area contributed by atoms with Gasteiger partial charge in [0.05, 0.1) is 4.47 Å². The Morgan fingerprint density at radius 2 is 2.06 bits per heavy atom. The molecule has 1 aromatic rings. The molecule has 18 heavy (non-hydrogen) atoms. The molecule has 0 aliphatic heterocycles. The summed E-state index contributed by atoms with van der Waals surface area (Å²) in [6.07, 6.45) is 0.220. The molecule has 1 rings (SSSR count). The van der Waals surface area contributed by atoms with Gasteiger partial charge in [0, 0.05) is 32.6 Å². The van der Waals surface area contributed by atoms with E-state index in [1.165, 1.54) is 17.0 Å². The Morgan fingerprint density at radius 1 is 1.39 bits per heavy atom. The highest BCUT2D eigenvalue weighted by atomic mass is 79.9. The third-order valence-electron chi connectivity index (χ3n) is 2.31. The van der Waals surface area contributed by atoms with Crippen LogP contribution in [0.3, 0.4) is 0 Å². The molecule has 0 fully saturated rings. The van der Waals surface area contributed by atoms with Gasteiger partial charge in [-0.05, 0) is 34.1 Å². The van der Waals surface area contributed by atoms with Crippen LogP contribution in [0.2, 0.25) is 0 Å². The molecule has 0 saturated heterocycles. The van der Waals surface area contributed by atoms with E-state index < -0.39 is 11.7 Å². The van der Waals surface area contributed by atoms with Gasteiger partial charge in [0.15, 0.2) is 0 Å². The van der Waals surface area contributed by atoms with E-state index in [1.807, 2.05) is 0 Å². The predicted molar refractivity (Wildman–Crippen MR) is 69.7 cm³/mol. The largest absolute Gasteiger partial charge is 0.352 e. The first kappa shape index (κ1) is 14.6. The molecule has 0 aliphatic carbocycles. The molecule has 0 saturated carbocycles. The van der Waals surface area contributed by atoms with Gasteiger partial charge in [0.2, 0.25) is 5.91 Å². The number of hydrogen-bond donors (Lipinski definition) is 1. The minimum absolute atomic E-state index is 0.0720. The number of nitrogens with zero attached hydrogens (tertiary/aromatic N) is 1. The number of carbonyl (C=O) groups excluding carboxylic acids is 2. The molecule has 2 amide bonds. The minimum atomic E-state index is -0.494. The van der Waals surface area contributed by atoms with E-state index in [0.717, 1.165) is 6.07 Å². The summed E-state index contributed by atoms with van der Waals surface area (Å²) in [4.78, 5) is 24.4. The van der Waals surface area contributed by atoms with Crippen molar-refractivity contribution >= 4 is 27.7 Å². The van der Waals surface area contributed by atoms with Crippen molar-refractivity contribution in [2.75, 3.05) is 20.6 Å². The molecule has 0 heterocycles. The highest BCUT2D eigenvalue weighted by Gasteiger charge is 2.09. The molecule has 0 unspecified atom stereocenters. The molecule has 0 aliphatic rings. The lowest BCUT2D eigenvalue weighted by atomic mass is 10.2. The number of carbonyl (C=O) groups is 2. The van der Waals surface area contributed by atoms with Gasteiger partial charge in [-0.2, -0.15) is 0 Å². The molecule has 0 spiro atoms. The highest BCUT2D eigenvalue weighted by molar-refractivity contribution is 9.10. The fourth-order valence-electron chi connectivity index (χ4n) is 1.25. The number of amides is 2. The number of hydrogen-bond acceptors (Lipinski definition) is 2. The quantitative estimate of drug-likeness (QED) is 0.920. The fourth-order valence-corrected chi connectivity index (χ4v) is 1.49. The zero-order valence-electron chi connectivity index (χ0n) is 10.2. The van der Waals surface area contributed by atoms with Gasteiger partial charge in [0.25, 0.3) is 5.91 Å². The van der Waals surface area contributed by atoms with E-state index in [4.69, 9.17) is 0 Å². The molecular formula is C12H14BrFN2O2. The second kappa shape index (κ2) is 6.49. The minimum Gasteiger partial charge on any atom is -0.352 e. The number of halogens is 2. The molecule has 0 bridgehead atoms. The van der Waals surface area contributed by atoms with Gasteiger partial charge in [-0.3, -0.25) is 9.59 Å². The van der Waals surface area contributed by atoms with E-state index in [0.29, 0.717) is 4.47 Å². The molecule has 98 valence electrons. The van der Waals surface area contributed by atoms with Gasteiger partial charge >= 0.3 is 0 Å². The van der Waals surface area contributed by atoms with Crippen LogP contribution in [0.4, 0.5) is 4.39 Å². The highest BCUT2D eigenvalue weighted by Crippen LogP contribution is 2.16. The maximum atomic E-state index is 13.2. The Labute approximate surface area is 113 Å². The van der Waals surface area contributed by atoms with Crippen molar-refractivity contribution in [2.45, 2.75) is 6.42 Å². The van der Waals surface area contributed by atoms with Crippen molar-refractivity contribution in [1.82, 2.24) is 10.2 Å². The van der Waals surface area contributed by atoms with E-state index in [2.05, 4.69) is 21.2 Å². The second-order valence-electron chi connectivity index (χ2n) is 3.92. The molecule has 6 heteroatoms. The maximum absolute atomic E-state index is 13.2. The van der Waals surface area contributed by atoms with Crippen LogP contribution in [-0.4, -0.2) is 37.4 Å². The first-order valence-electron chi connectivity index (χ1n) is 5.35. The van der Waals surface area contributed by atoms with Crippen molar-refractivity contribution in [3.8, 4) is 0 Å². The van der Waals surface area contributed by atoms with Crippen molar-refractivity contribution in [3.05, 3.63) is 34.1 Å². The molecule has 0 radical (unpaired) electrons. The van der Waals surface area contributed by atoms with Crippen LogP contribution in [-0.2, 0) is 4.79 Å². The summed E-state index contributed by atoms with van der Waals surface area (Å²) in [5, 5.41) is 2.56. The van der Waals surface area contributed by atoms with E-state index in [-0.39, 0.29) is 24.4 Å².